The van der Waals surface area contributed by atoms with Crippen LogP contribution in [-0.2, 0) is 31.6 Å². The van der Waals surface area contributed by atoms with E-state index in [9.17, 15) is 46.8 Å². The molecular weight excluding hydrogens is 554 g/mol. The molecule has 7 N–H and O–H groups in total. The van der Waals surface area contributed by atoms with Crippen LogP contribution in [0, 0.1) is 4.77 Å². The maximum absolute atomic E-state index is 13.6. The van der Waals surface area contributed by atoms with Gasteiger partial charge in [-0.3, -0.25) is 18.9 Å². The Kier molecular flexibility index (Phi) is 8.03. The minimum atomic E-state index is -5.92. The van der Waals surface area contributed by atoms with Gasteiger partial charge < -0.3 is 34.5 Å². The van der Waals surface area contributed by atoms with E-state index in [4.69, 9.17) is 31.6 Å². The van der Waals surface area contributed by atoms with E-state index in [0.29, 0.717) is 16.8 Å². The Morgan fingerprint density at radius 3 is 2.24 bits per heavy atom. The van der Waals surface area contributed by atoms with Crippen molar-refractivity contribution in [3.63, 3.8) is 0 Å². The molecule has 2 rings (SSSR count). The number of phosphoric ester groups is 1. The van der Waals surface area contributed by atoms with Gasteiger partial charge in [-0.05, 0) is 12.2 Å². The third-order valence-electron chi connectivity index (χ3n) is 3.86. The van der Waals surface area contributed by atoms with Gasteiger partial charge in [0.1, 0.15) is 12.2 Å². The van der Waals surface area contributed by atoms with Crippen LogP contribution < -0.4 is 5.56 Å². The van der Waals surface area contributed by atoms with E-state index in [0.717, 1.165) is 0 Å². The average Bonchev–Trinajstić information content (AvgIpc) is 2.82. The Labute approximate surface area is 184 Å². The largest absolute Gasteiger partial charge is 0.490 e. The summed E-state index contributed by atoms with van der Waals surface area (Å²) in [5, 5.41) is 20.3. The van der Waals surface area contributed by atoms with Crippen molar-refractivity contribution in [3.8, 4) is 0 Å². The summed E-state index contributed by atoms with van der Waals surface area (Å²) in [6, 6.07) is 0.710. The maximum atomic E-state index is 13.6. The van der Waals surface area contributed by atoms with Crippen LogP contribution in [0.15, 0.2) is 17.1 Å². The zero-order valence-corrected chi connectivity index (χ0v) is 18.9. The van der Waals surface area contributed by atoms with Gasteiger partial charge >= 0.3 is 29.6 Å². The lowest BCUT2D eigenvalue weighted by Crippen LogP contribution is -2.57. The Balaban J connectivity index is 2.29. The summed E-state index contributed by atoms with van der Waals surface area (Å²) in [6.45, 7) is -1.50. The number of rotatable bonds is 8. The average molecular weight is 568 g/mol. The van der Waals surface area contributed by atoms with Gasteiger partial charge in [-0.2, -0.15) is 21.8 Å². The number of aromatic nitrogens is 2. The van der Waals surface area contributed by atoms with Crippen LogP contribution in [0.5, 0.6) is 0 Å². The van der Waals surface area contributed by atoms with Gasteiger partial charge in [0.25, 0.3) is 5.56 Å². The molecule has 2 heterocycles. The summed E-state index contributed by atoms with van der Waals surface area (Å²) in [7, 11) is -17.4. The topological polar surface area (TPSA) is 247 Å². The first kappa shape index (κ1) is 28.4. The Hall–Kier alpha value is -0.820. The summed E-state index contributed by atoms with van der Waals surface area (Å²) in [5.41, 5.74) is -4.93. The quantitative estimate of drug-likeness (QED) is 0.159. The van der Waals surface area contributed by atoms with Crippen molar-refractivity contribution in [3.05, 3.63) is 27.4 Å². The molecule has 1 aromatic heterocycles. The molecule has 0 saturated carbocycles. The molecule has 1 fully saturated rings. The fourth-order valence-electron chi connectivity index (χ4n) is 2.57. The third kappa shape index (κ3) is 6.65. The van der Waals surface area contributed by atoms with Crippen molar-refractivity contribution >= 4 is 35.7 Å². The Morgan fingerprint density at radius 1 is 1.18 bits per heavy atom. The van der Waals surface area contributed by atoms with E-state index in [1.165, 1.54) is 0 Å². The molecule has 0 radical (unpaired) electrons. The highest BCUT2D eigenvalue weighted by Crippen LogP contribution is 2.66. The number of ether oxygens (including phenoxy) is 1. The number of H-pyrrole nitrogens is 1. The van der Waals surface area contributed by atoms with Crippen LogP contribution in [0.3, 0.4) is 0 Å². The number of halogens is 3. The van der Waals surface area contributed by atoms with Gasteiger partial charge in [0.05, 0.1) is 6.61 Å². The summed E-state index contributed by atoms with van der Waals surface area (Å²) < 4.78 is 90.1. The molecule has 0 spiro atoms. The van der Waals surface area contributed by atoms with Crippen molar-refractivity contribution in [2.75, 3.05) is 6.61 Å². The molecule has 0 aliphatic carbocycles. The van der Waals surface area contributed by atoms with Crippen molar-refractivity contribution in [1.29, 1.82) is 0 Å². The predicted molar refractivity (Wildman–Crippen MR) is 96.6 cm³/mol. The standard InChI is InChI=1S/C10H14F3N2O14P3S/c11-10(12,13)9(18)6(17)4(27-7(9)15-2-1-5(16)14-8(15)33)3-26-31(22,23)29-32(24,25)28-30(19,20)21/h1-2,4,6-7,17-18H,3H2,(H,22,23)(H,24,25)(H,14,16,33)(H2,19,20,21)/t4-,6?,7-,9?/m1/s1. The van der Waals surface area contributed by atoms with Crippen LogP contribution in [0.4, 0.5) is 13.2 Å². The number of aromatic amines is 1. The summed E-state index contributed by atoms with van der Waals surface area (Å²) in [4.78, 5) is 48.5. The van der Waals surface area contributed by atoms with Crippen LogP contribution in [0.1, 0.15) is 6.23 Å². The molecule has 16 nitrogen and oxygen atoms in total. The Morgan fingerprint density at radius 2 is 1.76 bits per heavy atom. The molecule has 4 unspecified atom stereocenters. The normalized spacial score (nSPS) is 30.0. The zero-order chi connectivity index (χ0) is 25.6. The van der Waals surface area contributed by atoms with E-state index >= 15 is 0 Å². The zero-order valence-electron chi connectivity index (χ0n) is 15.4. The molecule has 1 aliphatic rings. The first-order chi connectivity index (χ1) is 14.7. The van der Waals surface area contributed by atoms with Gasteiger partial charge in [0.15, 0.2) is 11.0 Å². The summed E-state index contributed by atoms with van der Waals surface area (Å²) >= 11 is 4.70. The van der Waals surface area contributed by atoms with Crippen LogP contribution in [-0.4, -0.2) is 69.9 Å². The molecular formula is C10H14F3N2O14P3S. The minimum absolute atomic E-state index is 0.415. The Bertz CT molecular complexity index is 1150. The van der Waals surface area contributed by atoms with Crippen LogP contribution in [0.25, 0.3) is 0 Å². The first-order valence-electron chi connectivity index (χ1n) is 7.91. The highest BCUT2D eigenvalue weighted by Gasteiger charge is 2.71. The molecule has 1 aliphatic heterocycles. The highest BCUT2D eigenvalue weighted by atomic mass is 32.1. The second-order valence-electron chi connectivity index (χ2n) is 6.20. The lowest BCUT2D eigenvalue weighted by atomic mass is 9.93. The number of aliphatic hydroxyl groups excluding tert-OH is 1. The molecule has 0 bridgehead atoms. The van der Waals surface area contributed by atoms with E-state index in [1.807, 2.05) is 4.98 Å². The second kappa shape index (κ2) is 9.33. The van der Waals surface area contributed by atoms with Gasteiger partial charge in [-0.15, -0.1) is 0 Å². The minimum Gasteiger partial charge on any atom is -0.387 e. The maximum Gasteiger partial charge on any atom is 0.490 e. The first-order valence-corrected chi connectivity index (χ1v) is 12.8. The molecule has 33 heavy (non-hydrogen) atoms. The number of nitrogens with one attached hydrogen (secondary N) is 1. The van der Waals surface area contributed by atoms with Gasteiger partial charge in [0.2, 0.25) is 5.60 Å². The summed E-state index contributed by atoms with van der Waals surface area (Å²) in [5.74, 6) is 0. The monoisotopic (exact) mass is 568 g/mol. The van der Waals surface area contributed by atoms with Crippen molar-refractivity contribution in [2.45, 2.75) is 30.2 Å². The molecule has 0 amide bonds. The molecule has 190 valence electrons. The predicted octanol–water partition coefficient (Wildman–Crippen LogP) is -0.199. The molecule has 1 aromatic rings. The number of hydrogen-bond donors (Lipinski definition) is 7. The smallest absolute Gasteiger partial charge is 0.387 e. The SMILES string of the molecule is O=c1ccn([C@@H]2O[C@H](COP(=O)(O)OP(=O)(O)OP(=O)(O)O)C(O)C2(O)C(F)(F)F)c(=S)[nH]1. The van der Waals surface area contributed by atoms with Crippen LogP contribution >= 0.6 is 35.7 Å². The van der Waals surface area contributed by atoms with Gasteiger partial charge in [-0.1, -0.05) is 0 Å². The number of aliphatic hydroxyl groups is 2. The molecule has 1 saturated heterocycles. The fourth-order valence-corrected chi connectivity index (χ4v) is 5.86. The summed E-state index contributed by atoms with van der Waals surface area (Å²) in [6.07, 6.45) is -12.6. The number of hydrogen-bond acceptors (Lipinski definition) is 11. The fraction of sp³-hybridized carbons (Fsp3) is 0.600. The van der Waals surface area contributed by atoms with Crippen LogP contribution in [0.2, 0.25) is 0 Å². The third-order valence-corrected chi connectivity index (χ3v) is 7.97. The lowest BCUT2D eigenvalue weighted by molar-refractivity contribution is -0.304. The molecule has 23 heteroatoms. The van der Waals surface area contributed by atoms with E-state index in [2.05, 4.69) is 13.1 Å². The highest BCUT2D eigenvalue weighted by molar-refractivity contribution is 7.71. The number of phosphoric acid groups is 3. The van der Waals surface area contributed by atoms with Crippen molar-refractivity contribution in [1.82, 2.24) is 9.55 Å². The van der Waals surface area contributed by atoms with Crippen molar-refractivity contribution < 1.29 is 74.5 Å². The lowest BCUT2D eigenvalue weighted by Gasteiger charge is -2.33. The van der Waals surface area contributed by atoms with Gasteiger partial charge in [-0.25, -0.2) is 13.7 Å². The van der Waals surface area contributed by atoms with E-state index in [1.54, 1.807) is 0 Å². The van der Waals surface area contributed by atoms with Gasteiger partial charge in [0, 0.05) is 12.3 Å². The second-order valence-corrected chi connectivity index (χ2v) is 11.0. The van der Waals surface area contributed by atoms with E-state index < -0.39 is 70.6 Å². The van der Waals surface area contributed by atoms with E-state index in [-0.39, 0.29) is 0 Å². The number of alkyl halides is 3. The van der Waals surface area contributed by atoms with Crippen molar-refractivity contribution in [2.24, 2.45) is 0 Å². The molecule has 0 aromatic carbocycles. The molecule has 6 atom stereocenters. The number of nitrogens with zero attached hydrogens (tertiary/aromatic N) is 1.